The summed E-state index contributed by atoms with van der Waals surface area (Å²) >= 11 is 0. The van der Waals surface area contributed by atoms with Crippen LogP contribution in [0.3, 0.4) is 0 Å². The fourth-order valence-electron chi connectivity index (χ4n) is 4.25. The molecule has 1 aliphatic carbocycles. The second-order valence-corrected chi connectivity index (χ2v) is 7.95. The first-order valence-electron chi connectivity index (χ1n) is 10.6. The average Bonchev–Trinajstić information content (AvgIpc) is 3.37. The first-order valence-corrected chi connectivity index (χ1v) is 10.6. The van der Waals surface area contributed by atoms with Gasteiger partial charge in [0.25, 0.3) is 0 Å². The van der Waals surface area contributed by atoms with Gasteiger partial charge in [0.05, 0.1) is 19.2 Å². The number of rotatable bonds is 7. The third-order valence-corrected chi connectivity index (χ3v) is 5.80. The minimum absolute atomic E-state index is 0.0396. The Bertz CT molecular complexity index is 696. The van der Waals surface area contributed by atoms with Crippen LogP contribution in [0.15, 0.2) is 30.3 Å². The van der Waals surface area contributed by atoms with E-state index in [9.17, 15) is 9.59 Å². The van der Waals surface area contributed by atoms with Gasteiger partial charge in [0.1, 0.15) is 6.10 Å². The van der Waals surface area contributed by atoms with Gasteiger partial charge in [0.2, 0.25) is 0 Å². The van der Waals surface area contributed by atoms with E-state index < -0.39 is 25.1 Å². The number of nitrogens with zero attached hydrogens (tertiary/aromatic N) is 1. The van der Waals surface area contributed by atoms with Gasteiger partial charge in [-0.2, -0.15) is 0 Å². The molecule has 3 aliphatic rings. The van der Waals surface area contributed by atoms with Crippen LogP contribution in [0.2, 0.25) is 0 Å². The molecule has 2 heterocycles. The summed E-state index contributed by atoms with van der Waals surface area (Å²) in [6.07, 6.45) is 4.80. The standard InChI is InChI=1S/C21H28BNO6/c1-2-3-12-26-17-11-7-10-16(17)23-13-18(24)28-22(29-19(25)14-23)21-20(27-21)15-8-5-4-6-9-15/h4-6,8-9,16-17,20-21H,2-3,7,10-14H2,1H3/t16-,17-,20?,21?/m1/s1. The van der Waals surface area contributed by atoms with Gasteiger partial charge < -0.3 is 18.8 Å². The highest BCUT2D eigenvalue weighted by molar-refractivity contribution is 6.51. The zero-order valence-electron chi connectivity index (χ0n) is 16.8. The molecule has 0 amide bonds. The SMILES string of the molecule is CCCCO[C@@H]1CCC[C@H]1N1CC(=O)OB(C2OC2c2ccccc2)OC(=O)C1. The predicted octanol–water partition coefficient (Wildman–Crippen LogP) is 2.29. The van der Waals surface area contributed by atoms with Crippen LogP contribution in [-0.4, -0.2) is 61.8 Å². The number of benzene rings is 1. The maximum atomic E-state index is 12.5. The molecule has 2 aliphatic heterocycles. The zero-order chi connectivity index (χ0) is 20.2. The summed E-state index contributed by atoms with van der Waals surface area (Å²) in [4.78, 5) is 26.9. The van der Waals surface area contributed by atoms with E-state index in [1.165, 1.54) is 0 Å². The lowest BCUT2D eigenvalue weighted by atomic mass is 9.80. The largest absolute Gasteiger partial charge is 0.632 e. The third-order valence-electron chi connectivity index (χ3n) is 5.80. The molecule has 1 aromatic rings. The number of carbonyl (C=O) groups excluding carboxylic acids is 2. The normalized spacial score (nSPS) is 30.4. The van der Waals surface area contributed by atoms with Crippen LogP contribution < -0.4 is 0 Å². The molecule has 29 heavy (non-hydrogen) atoms. The summed E-state index contributed by atoms with van der Waals surface area (Å²) in [5.74, 6) is -0.798. The molecule has 156 valence electrons. The van der Waals surface area contributed by atoms with E-state index in [1.54, 1.807) is 0 Å². The van der Waals surface area contributed by atoms with E-state index in [2.05, 4.69) is 6.92 Å². The van der Waals surface area contributed by atoms with Gasteiger partial charge in [-0.15, -0.1) is 0 Å². The maximum absolute atomic E-state index is 12.5. The van der Waals surface area contributed by atoms with Gasteiger partial charge in [-0.1, -0.05) is 43.7 Å². The smallest absolute Gasteiger partial charge is 0.496 e. The lowest BCUT2D eigenvalue weighted by molar-refractivity contribution is -0.149. The fraction of sp³-hybridized carbons (Fsp3) is 0.619. The van der Waals surface area contributed by atoms with Crippen molar-refractivity contribution in [3.05, 3.63) is 35.9 Å². The number of unbranched alkanes of at least 4 members (excludes halogenated alkanes) is 1. The summed E-state index contributed by atoms with van der Waals surface area (Å²) < 4.78 is 22.6. The summed E-state index contributed by atoms with van der Waals surface area (Å²) in [5.41, 5.74) is 0.978. The molecule has 0 spiro atoms. The van der Waals surface area contributed by atoms with Crippen LogP contribution in [0, 0.1) is 0 Å². The first kappa shape index (κ1) is 20.4. The highest BCUT2D eigenvalue weighted by atomic mass is 16.7. The third kappa shape index (κ3) is 5.00. The molecule has 3 fully saturated rings. The summed E-state index contributed by atoms with van der Waals surface area (Å²) in [5, 5.41) is 0. The zero-order valence-corrected chi connectivity index (χ0v) is 16.8. The Balaban J connectivity index is 1.36. The Labute approximate surface area is 171 Å². The lowest BCUT2D eigenvalue weighted by Crippen LogP contribution is -2.51. The number of hydrogen-bond acceptors (Lipinski definition) is 7. The van der Waals surface area contributed by atoms with Crippen LogP contribution in [0.5, 0.6) is 0 Å². The van der Waals surface area contributed by atoms with Crippen LogP contribution in [-0.2, 0) is 28.4 Å². The summed E-state index contributed by atoms with van der Waals surface area (Å²) in [7, 11) is -0.998. The van der Waals surface area contributed by atoms with E-state index in [0.717, 1.165) is 37.7 Å². The first-order chi connectivity index (χ1) is 14.2. The highest BCUT2D eigenvalue weighted by Crippen LogP contribution is 2.41. The second-order valence-electron chi connectivity index (χ2n) is 7.95. The maximum Gasteiger partial charge on any atom is 0.632 e. The lowest BCUT2D eigenvalue weighted by Gasteiger charge is -2.33. The van der Waals surface area contributed by atoms with Crippen molar-refractivity contribution in [1.29, 1.82) is 0 Å². The van der Waals surface area contributed by atoms with Crippen LogP contribution in [0.25, 0.3) is 0 Å². The van der Waals surface area contributed by atoms with Gasteiger partial charge in [0, 0.05) is 12.6 Å². The van der Waals surface area contributed by atoms with Crippen molar-refractivity contribution in [3.63, 3.8) is 0 Å². The molecule has 2 saturated heterocycles. The molecule has 1 saturated carbocycles. The van der Waals surface area contributed by atoms with E-state index in [4.69, 9.17) is 18.8 Å². The monoisotopic (exact) mass is 401 g/mol. The Morgan fingerprint density at radius 2 is 1.83 bits per heavy atom. The summed E-state index contributed by atoms with van der Waals surface area (Å²) in [6, 6.07) is 9.24. The number of hydrogen-bond donors (Lipinski definition) is 0. The van der Waals surface area contributed by atoms with Crippen LogP contribution >= 0.6 is 0 Å². The van der Waals surface area contributed by atoms with Gasteiger partial charge in [-0.05, 0) is 31.2 Å². The number of ether oxygens (including phenoxy) is 2. The molecule has 2 unspecified atom stereocenters. The molecule has 8 heteroatoms. The molecule has 0 radical (unpaired) electrons. The van der Waals surface area contributed by atoms with Gasteiger partial charge in [-0.25, -0.2) is 0 Å². The Morgan fingerprint density at radius 1 is 1.10 bits per heavy atom. The van der Waals surface area contributed by atoms with Crippen molar-refractivity contribution in [2.45, 2.75) is 63.3 Å². The molecular formula is C21H28BNO6. The minimum atomic E-state index is -0.998. The fourth-order valence-corrected chi connectivity index (χ4v) is 4.25. The topological polar surface area (TPSA) is 77.6 Å². The van der Waals surface area contributed by atoms with Crippen molar-refractivity contribution in [2.75, 3.05) is 19.7 Å². The predicted molar refractivity (Wildman–Crippen MR) is 106 cm³/mol. The molecule has 1 aromatic carbocycles. The second kappa shape index (κ2) is 9.28. The average molecular weight is 401 g/mol. The van der Waals surface area contributed by atoms with Crippen molar-refractivity contribution in [3.8, 4) is 0 Å². The Kier molecular flexibility index (Phi) is 6.52. The van der Waals surface area contributed by atoms with Crippen molar-refractivity contribution in [2.24, 2.45) is 0 Å². The molecule has 4 rings (SSSR count). The van der Waals surface area contributed by atoms with E-state index >= 15 is 0 Å². The molecule has 7 nitrogen and oxygen atoms in total. The van der Waals surface area contributed by atoms with E-state index in [0.29, 0.717) is 6.61 Å². The highest BCUT2D eigenvalue weighted by Gasteiger charge is 2.56. The Morgan fingerprint density at radius 3 is 2.52 bits per heavy atom. The van der Waals surface area contributed by atoms with Gasteiger partial charge in [0.15, 0.2) is 6.00 Å². The van der Waals surface area contributed by atoms with Crippen molar-refractivity contribution >= 4 is 19.1 Å². The van der Waals surface area contributed by atoms with Crippen molar-refractivity contribution < 1.29 is 28.4 Å². The quantitative estimate of drug-likeness (QED) is 0.394. The molecule has 0 N–H and O–H groups in total. The molecule has 4 atom stereocenters. The molecule has 0 aromatic heterocycles. The Hall–Kier alpha value is -1.90. The molecular weight excluding hydrogens is 373 g/mol. The van der Waals surface area contributed by atoms with Crippen molar-refractivity contribution in [1.82, 2.24) is 4.90 Å². The van der Waals surface area contributed by atoms with Gasteiger partial charge in [-0.3, -0.25) is 14.5 Å². The van der Waals surface area contributed by atoms with E-state index in [-0.39, 0.29) is 31.3 Å². The summed E-state index contributed by atoms with van der Waals surface area (Å²) in [6.45, 7) is 2.96. The molecule has 0 bridgehead atoms. The number of carbonyl (C=O) groups is 2. The van der Waals surface area contributed by atoms with Crippen LogP contribution in [0.1, 0.15) is 50.7 Å². The van der Waals surface area contributed by atoms with Crippen LogP contribution in [0.4, 0.5) is 0 Å². The number of epoxide rings is 1. The van der Waals surface area contributed by atoms with E-state index in [1.807, 2.05) is 35.2 Å². The minimum Gasteiger partial charge on any atom is -0.496 e. The van der Waals surface area contributed by atoms with Gasteiger partial charge >= 0.3 is 19.1 Å².